The van der Waals surface area contributed by atoms with Crippen molar-refractivity contribution in [1.29, 1.82) is 0 Å². The lowest BCUT2D eigenvalue weighted by molar-refractivity contribution is -0.130. The molecule has 0 saturated carbocycles. The number of hydrogen-bond donors (Lipinski definition) is 0. The standard InChI is InChI=1S/C18H17BrClFN2O/c19-16-6-1-3-13(18(16)21)11-17(24)23-9-7-22(8-10-23)15-5-2-4-14(20)12-15/h1-6,12H,7-11H2. The molecule has 3 nitrogen and oxygen atoms in total. The summed E-state index contributed by atoms with van der Waals surface area (Å²) in [5.41, 5.74) is 1.49. The van der Waals surface area contributed by atoms with Gasteiger partial charge in [-0.05, 0) is 45.8 Å². The Hall–Kier alpha value is -1.59. The molecule has 0 N–H and O–H groups in total. The maximum absolute atomic E-state index is 14.0. The summed E-state index contributed by atoms with van der Waals surface area (Å²) in [5, 5.41) is 0.705. The van der Waals surface area contributed by atoms with Crippen molar-refractivity contribution in [2.75, 3.05) is 31.1 Å². The third-order valence-corrected chi connectivity index (χ3v) is 5.03. The normalized spacial score (nSPS) is 14.8. The van der Waals surface area contributed by atoms with Gasteiger partial charge in [0.05, 0.1) is 10.9 Å². The maximum atomic E-state index is 14.0. The van der Waals surface area contributed by atoms with Gasteiger partial charge in [-0.3, -0.25) is 4.79 Å². The van der Waals surface area contributed by atoms with Gasteiger partial charge in [0, 0.05) is 36.9 Å². The van der Waals surface area contributed by atoms with E-state index in [-0.39, 0.29) is 18.1 Å². The van der Waals surface area contributed by atoms with Gasteiger partial charge in [-0.1, -0.05) is 29.8 Å². The van der Waals surface area contributed by atoms with Crippen molar-refractivity contribution in [2.24, 2.45) is 0 Å². The zero-order chi connectivity index (χ0) is 17.1. The highest BCUT2D eigenvalue weighted by Crippen LogP contribution is 2.22. The number of anilines is 1. The quantitative estimate of drug-likeness (QED) is 0.758. The van der Waals surface area contributed by atoms with Gasteiger partial charge >= 0.3 is 0 Å². The third-order valence-electron chi connectivity index (χ3n) is 4.18. The lowest BCUT2D eigenvalue weighted by atomic mass is 10.1. The zero-order valence-corrected chi connectivity index (χ0v) is 15.4. The molecule has 0 aliphatic carbocycles. The van der Waals surface area contributed by atoms with Gasteiger partial charge in [-0.25, -0.2) is 4.39 Å². The van der Waals surface area contributed by atoms with Crippen LogP contribution in [0.1, 0.15) is 5.56 Å². The van der Waals surface area contributed by atoms with Crippen LogP contribution >= 0.6 is 27.5 Å². The highest BCUT2D eigenvalue weighted by molar-refractivity contribution is 9.10. The van der Waals surface area contributed by atoms with Crippen LogP contribution in [0.3, 0.4) is 0 Å². The first kappa shape index (κ1) is 17.2. The van der Waals surface area contributed by atoms with Crippen molar-refractivity contribution in [2.45, 2.75) is 6.42 Å². The number of halogens is 3. The Morgan fingerprint density at radius 1 is 1.12 bits per heavy atom. The van der Waals surface area contributed by atoms with Gasteiger partial charge in [0.2, 0.25) is 5.91 Å². The Kier molecular flexibility index (Phi) is 5.41. The van der Waals surface area contributed by atoms with Gasteiger partial charge < -0.3 is 9.80 Å². The summed E-state index contributed by atoms with van der Waals surface area (Å²) in [4.78, 5) is 16.4. The Balaban J connectivity index is 1.60. The smallest absolute Gasteiger partial charge is 0.227 e. The van der Waals surface area contributed by atoms with Crippen molar-refractivity contribution in [1.82, 2.24) is 4.90 Å². The fourth-order valence-electron chi connectivity index (χ4n) is 2.85. The molecular weight excluding hydrogens is 395 g/mol. The van der Waals surface area contributed by atoms with Crippen molar-refractivity contribution < 1.29 is 9.18 Å². The SMILES string of the molecule is O=C(Cc1cccc(Br)c1F)N1CCN(c2cccc(Cl)c2)CC1. The van der Waals surface area contributed by atoms with Crippen LogP contribution in [0, 0.1) is 5.82 Å². The number of carbonyl (C=O) groups is 1. The molecule has 1 amide bonds. The molecule has 126 valence electrons. The van der Waals surface area contributed by atoms with Crippen molar-refractivity contribution >= 4 is 39.1 Å². The minimum absolute atomic E-state index is 0.0438. The third kappa shape index (κ3) is 3.90. The Morgan fingerprint density at radius 2 is 1.83 bits per heavy atom. The van der Waals surface area contributed by atoms with Crippen LogP contribution in [-0.4, -0.2) is 37.0 Å². The number of hydrogen-bond acceptors (Lipinski definition) is 2. The first-order valence-electron chi connectivity index (χ1n) is 7.76. The molecule has 0 aromatic heterocycles. The molecule has 0 atom stereocenters. The predicted octanol–water partition coefficient (Wildman–Crippen LogP) is 4.13. The topological polar surface area (TPSA) is 23.6 Å². The van der Waals surface area contributed by atoms with E-state index >= 15 is 0 Å². The summed E-state index contributed by atoms with van der Waals surface area (Å²) in [6, 6.07) is 12.7. The molecule has 6 heteroatoms. The van der Waals surface area contributed by atoms with Gasteiger partial charge in [0.25, 0.3) is 0 Å². The molecule has 2 aromatic carbocycles. The van der Waals surface area contributed by atoms with Crippen LogP contribution in [-0.2, 0) is 11.2 Å². The first-order valence-corrected chi connectivity index (χ1v) is 8.93. The van der Waals surface area contributed by atoms with E-state index in [4.69, 9.17) is 11.6 Å². The van der Waals surface area contributed by atoms with E-state index in [1.165, 1.54) is 0 Å². The second kappa shape index (κ2) is 7.53. The fourth-order valence-corrected chi connectivity index (χ4v) is 3.44. The van der Waals surface area contributed by atoms with Crippen LogP contribution in [0.15, 0.2) is 46.9 Å². The second-order valence-electron chi connectivity index (χ2n) is 5.74. The zero-order valence-electron chi connectivity index (χ0n) is 13.0. The maximum Gasteiger partial charge on any atom is 0.227 e. The molecule has 3 rings (SSSR count). The van der Waals surface area contributed by atoms with Crippen LogP contribution in [0.5, 0.6) is 0 Å². The summed E-state index contributed by atoms with van der Waals surface area (Å²) in [7, 11) is 0. The van der Waals surface area contributed by atoms with E-state index < -0.39 is 0 Å². The summed E-state index contributed by atoms with van der Waals surface area (Å²) in [6.07, 6.45) is 0.0858. The minimum atomic E-state index is -0.358. The monoisotopic (exact) mass is 410 g/mol. The summed E-state index contributed by atoms with van der Waals surface area (Å²) >= 11 is 9.18. The second-order valence-corrected chi connectivity index (χ2v) is 7.03. The van der Waals surface area contributed by atoms with E-state index in [2.05, 4.69) is 20.8 Å². The molecular formula is C18H17BrClFN2O. The van der Waals surface area contributed by atoms with Crippen LogP contribution in [0.4, 0.5) is 10.1 Å². The highest BCUT2D eigenvalue weighted by Gasteiger charge is 2.22. The molecule has 1 heterocycles. The molecule has 1 aliphatic rings. The molecule has 0 unspecified atom stereocenters. The minimum Gasteiger partial charge on any atom is -0.368 e. The van der Waals surface area contributed by atoms with E-state index in [9.17, 15) is 9.18 Å². The van der Waals surface area contributed by atoms with Crippen LogP contribution in [0.2, 0.25) is 5.02 Å². The van der Waals surface area contributed by atoms with Crippen molar-refractivity contribution in [3.8, 4) is 0 Å². The molecule has 1 saturated heterocycles. The van der Waals surface area contributed by atoms with Crippen molar-refractivity contribution in [3.05, 3.63) is 63.3 Å². The lowest BCUT2D eigenvalue weighted by Gasteiger charge is -2.36. The van der Waals surface area contributed by atoms with E-state index in [1.807, 2.05) is 24.3 Å². The van der Waals surface area contributed by atoms with Gasteiger partial charge in [-0.2, -0.15) is 0 Å². The van der Waals surface area contributed by atoms with Crippen LogP contribution in [0.25, 0.3) is 0 Å². The molecule has 0 bridgehead atoms. The Bertz CT molecular complexity index is 748. The van der Waals surface area contributed by atoms with E-state index in [0.717, 1.165) is 18.8 Å². The Morgan fingerprint density at radius 3 is 2.54 bits per heavy atom. The summed E-state index contributed by atoms with van der Waals surface area (Å²) in [6.45, 7) is 2.74. The average Bonchev–Trinajstić information content (AvgIpc) is 2.59. The number of amides is 1. The Labute approximate surface area is 154 Å². The largest absolute Gasteiger partial charge is 0.368 e. The van der Waals surface area contributed by atoms with Gasteiger partial charge in [0.15, 0.2) is 0 Å². The fraction of sp³-hybridized carbons (Fsp3) is 0.278. The molecule has 0 spiro atoms. The number of rotatable bonds is 3. The molecule has 1 aliphatic heterocycles. The molecule has 0 radical (unpaired) electrons. The number of carbonyl (C=O) groups excluding carboxylic acids is 1. The van der Waals surface area contributed by atoms with E-state index in [0.29, 0.717) is 28.1 Å². The van der Waals surface area contributed by atoms with Gasteiger partial charge in [0.1, 0.15) is 5.82 Å². The molecule has 24 heavy (non-hydrogen) atoms. The average molecular weight is 412 g/mol. The lowest BCUT2D eigenvalue weighted by Crippen LogP contribution is -2.49. The number of benzene rings is 2. The molecule has 2 aromatic rings. The summed E-state index contributed by atoms with van der Waals surface area (Å²) < 4.78 is 14.4. The molecule has 1 fully saturated rings. The van der Waals surface area contributed by atoms with Crippen LogP contribution < -0.4 is 4.90 Å². The first-order chi connectivity index (χ1) is 11.5. The van der Waals surface area contributed by atoms with Gasteiger partial charge in [-0.15, -0.1) is 0 Å². The number of piperazine rings is 1. The van der Waals surface area contributed by atoms with E-state index in [1.54, 1.807) is 23.1 Å². The highest BCUT2D eigenvalue weighted by atomic mass is 79.9. The number of nitrogens with zero attached hydrogens (tertiary/aromatic N) is 2. The van der Waals surface area contributed by atoms with Crippen molar-refractivity contribution in [3.63, 3.8) is 0 Å². The predicted molar refractivity (Wildman–Crippen MR) is 98.0 cm³/mol. The summed E-state index contributed by atoms with van der Waals surface area (Å²) in [5.74, 6) is -0.402.